The fraction of sp³-hybridized carbons (Fsp3) is 0.929. The first kappa shape index (κ1) is 14.8. The molecule has 0 bridgehead atoms. The van der Waals surface area contributed by atoms with Gasteiger partial charge in [-0.15, -0.1) is 0 Å². The number of hydrogen-bond acceptors (Lipinski definition) is 2. The molecule has 1 aliphatic heterocycles. The van der Waals surface area contributed by atoms with Crippen molar-refractivity contribution in [2.24, 2.45) is 11.8 Å². The minimum atomic E-state index is -4.09. The van der Waals surface area contributed by atoms with Gasteiger partial charge in [-0.3, -0.25) is 4.79 Å². The van der Waals surface area contributed by atoms with E-state index in [4.69, 9.17) is 4.74 Å². The van der Waals surface area contributed by atoms with Crippen molar-refractivity contribution in [1.82, 2.24) is 0 Å². The number of ketones is 1. The maximum absolute atomic E-state index is 12.5. The minimum Gasteiger partial charge on any atom is -0.378 e. The van der Waals surface area contributed by atoms with Gasteiger partial charge in [0.1, 0.15) is 5.78 Å². The van der Waals surface area contributed by atoms with Crippen molar-refractivity contribution in [3.8, 4) is 0 Å². The average molecular weight is 278 g/mol. The Labute approximate surface area is 111 Å². The zero-order chi connectivity index (χ0) is 13.9. The highest BCUT2D eigenvalue weighted by Crippen LogP contribution is 2.40. The van der Waals surface area contributed by atoms with Crippen LogP contribution in [0.25, 0.3) is 0 Å². The molecule has 0 spiro atoms. The van der Waals surface area contributed by atoms with Gasteiger partial charge in [0, 0.05) is 18.9 Å². The summed E-state index contributed by atoms with van der Waals surface area (Å²) in [7, 11) is 0. The molecule has 19 heavy (non-hydrogen) atoms. The van der Waals surface area contributed by atoms with Gasteiger partial charge in [0.2, 0.25) is 0 Å². The van der Waals surface area contributed by atoms with Crippen LogP contribution in [0, 0.1) is 11.8 Å². The summed E-state index contributed by atoms with van der Waals surface area (Å²) in [5.41, 5.74) is 0. The number of hydrogen-bond donors (Lipinski definition) is 0. The van der Waals surface area contributed by atoms with Crippen LogP contribution in [-0.2, 0) is 9.53 Å². The molecule has 110 valence electrons. The topological polar surface area (TPSA) is 26.3 Å². The SMILES string of the molecule is O=C(CCC1CCCO1)C1CCC(C(F)(F)F)CC1. The summed E-state index contributed by atoms with van der Waals surface area (Å²) >= 11 is 0. The largest absolute Gasteiger partial charge is 0.391 e. The van der Waals surface area contributed by atoms with E-state index in [1.54, 1.807) is 0 Å². The van der Waals surface area contributed by atoms with E-state index in [-0.39, 0.29) is 30.6 Å². The Balaban J connectivity index is 1.70. The molecule has 0 aromatic carbocycles. The molecule has 5 heteroatoms. The maximum Gasteiger partial charge on any atom is 0.391 e. The quantitative estimate of drug-likeness (QED) is 0.780. The fourth-order valence-electron chi connectivity index (χ4n) is 3.12. The maximum atomic E-state index is 12.5. The molecule has 1 saturated heterocycles. The van der Waals surface area contributed by atoms with E-state index in [1.165, 1.54) is 0 Å². The Hall–Kier alpha value is -0.580. The second kappa shape index (κ2) is 6.25. The summed E-state index contributed by atoms with van der Waals surface area (Å²) in [6.45, 7) is 0.773. The number of carbonyl (C=O) groups excluding carboxylic acids is 1. The molecule has 1 saturated carbocycles. The zero-order valence-corrected chi connectivity index (χ0v) is 11.0. The van der Waals surface area contributed by atoms with E-state index in [1.807, 2.05) is 0 Å². The third kappa shape index (κ3) is 4.20. The van der Waals surface area contributed by atoms with Gasteiger partial charge in [0.25, 0.3) is 0 Å². The summed E-state index contributed by atoms with van der Waals surface area (Å²) < 4.78 is 43.0. The molecule has 2 rings (SSSR count). The minimum absolute atomic E-state index is 0.111. The van der Waals surface area contributed by atoms with Crippen LogP contribution in [0.15, 0.2) is 0 Å². The Morgan fingerprint density at radius 3 is 2.32 bits per heavy atom. The van der Waals surface area contributed by atoms with E-state index in [0.29, 0.717) is 19.3 Å². The normalized spacial score (nSPS) is 32.5. The number of carbonyl (C=O) groups is 1. The van der Waals surface area contributed by atoms with Crippen LogP contribution in [0.5, 0.6) is 0 Å². The average Bonchev–Trinajstić information content (AvgIpc) is 2.88. The molecule has 1 unspecified atom stereocenters. The summed E-state index contributed by atoms with van der Waals surface area (Å²) in [5.74, 6) is -1.22. The standard InChI is InChI=1S/C14H21F3O2/c15-14(16,17)11-5-3-10(4-6-11)13(18)8-7-12-2-1-9-19-12/h10-12H,1-9H2. The highest BCUT2D eigenvalue weighted by Gasteiger charge is 2.42. The van der Waals surface area contributed by atoms with Crippen LogP contribution >= 0.6 is 0 Å². The number of alkyl halides is 3. The van der Waals surface area contributed by atoms with Gasteiger partial charge in [-0.05, 0) is 44.9 Å². The van der Waals surface area contributed by atoms with Gasteiger partial charge in [-0.2, -0.15) is 13.2 Å². The molecule has 2 nitrogen and oxygen atoms in total. The third-order valence-electron chi connectivity index (χ3n) is 4.38. The molecule has 0 radical (unpaired) electrons. The van der Waals surface area contributed by atoms with E-state index < -0.39 is 12.1 Å². The molecular weight excluding hydrogens is 257 g/mol. The van der Waals surface area contributed by atoms with Gasteiger partial charge in [-0.25, -0.2) is 0 Å². The summed E-state index contributed by atoms with van der Waals surface area (Å²) in [4.78, 5) is 12.0. The van der Waals surface area contributed by atoms with Crippen molar-refractivity contribution in [3.63, 3.8) is 0 Å². The highest BCUT2D eigenvalue weighted by molar-refractivity contribution is 5.81. The molecule has 0 amide bonds. The van der Waals surface area contributed by atoms with Gasteiger partial charge in [0.05, 0.1) is 12.0 Å². The first-order chi connectivity index (χ1) is 8.97. The van der Waals surface area contributed by atoms with Crippen LogP contribution in [0.1, 0.15) is 51.4 Å². The molecule has 0 aromatic rings. The Bertz CT molecular complexity index is 300. The van der Waals surface area contributed by atoms with Gasteiger partial charge < -0.3 is 4.74 Å². The summed E-state index contributed by atoms with van der Waals surface area (Å²) in [5, 5.41) is 0. The van der Waals surface area contributed by atoms with Crippen LogP contribution in [0.2, 0.25) is 0 Å². The smallest absolute Gasteiger partial charge is 0.378 e. The van der Waals surface area contributed by atoms with Crippen molar-refractivity contribution in [3.05, 3.63) is 0 Å². The van der Waals surface area contributed by atoms with E-state index >= 15 is 0 Å². The number of Topliss-reactive ketones (excluding diaryl/α,β-unsaturated/α-hetero) is 1. The number of rotatable bonds is 4. The number of ether oxygens (including phenoxy) is 1. The van der Waals surface area contributed by atoms with Gasteiger partial charge in [0.15, 0.2) is 0 Å². The van der Waals surface area contributed by atoms with Crippen molar-refractivity contribution in [2.75, 3.05) is 6.61 Å². The van der Waals surface area contributed by atoms with Crippen LogP contribution in [0.4, 0.5) is 13.2 Å². The molecule has 1 heterocycles. The van der Waals surface area contributed by atoms with Crippen molar-refractivity contribution in [1.29, 1.82) is 0 Å². The second-order valence-electron chi connectivity index (χ2n) is 5.73. The molecule has 0 aromatic heterocycles. The van der Waals surface area contributed by atoms with E-state index in [2.05, 4.69) is 0 Å². The fourth-order valence-corrected chi connectivity index (χ4v) is 3.12. The van der Waals surface area contributed by atoms with Crippen LogP contribution < -0.4 is 0 Å². The number of halogens is 3. The van der Waals surface area contributed by atoms with Crippen molar-refractivity contribution in [2.45, 2.75) is 63.6 Å². The lowest BCUT2D eigenvalue weighted by Crippen LogP contribution is -2.30. The first-order valence-electron chi connectivity index (χ1n) is 7.18. The second-order valence-corrected chi connectivity index (χ2v) is 5.73. The summed E-state index contributed by atoms with van der Waals surface area (Å²) in [6, 6.07) is 0. The molecular formula is C14H21F3O2. The zero-order valence-electron chi connectivity index (χ0n) is 11.0. The lowest BCUT2D eigenvalue weighted by molar-refractivity contribution is -0.184. The lowest BCUT2D eigenvalue weighted by atomic mass is 9.79. The van der Waals surface area contributed by atoms with E-state index in [9.17, 15) is 18.0 Å². The van der Waals surface area contributed by atoms with Gasteiger partial charge in [-0.1, -0.05) is 0 Å². The molecule has 2 fully saturated rings. The Kier molecular flexibility index (Phi) is 4.87. The predicted octanol–water partition coefficient (Wildman–Crippen LogP) is 3.88. The van der Waals surface area contributed by atoms with Crippen LogP contribution in [-0.4, -0.2) is 24.7 Å². The third-order valence-corrected chi connectivity index (χ3v) is 4.38. The van der Waals surface area contributed by atoms with Crippen LogP contribution in [0.3, 0.4) is 0 Å². The van der Waals surface area contributed by atoms with E-state index in [0.717, 1.165) is 25.9 Å². The lowest BCUT2D eigenvalue weighted by Gasteiger charge is -2.29. The summed E-state index contributed by atoms with van der Waals surface area (Å²) in [6.07, 6.45) is 0.373. The van der Waals surface area contributed by atoms with Crippen molar-refractivity contribution < 1.29 is 22.7 Å². The molecule has 0 N–H and O–H groups in total. The van der Waals surface area contributed by atoms with Gasteiger partial charge >= 0.3 is 6.18 Å². The first-order valence-corrected chi connectivity index (χ1v) is 7.18. The molecule has 2 aliphatic rings. The monoisotopic (exact) mass is 278 g/mol. The van der Waals surface area contributed by atoms with Crippen molar-refractivity contribution >= 4 is 5.78 Å². The predicted molar refractivity (Wildman–Crippen MR) is 64.7 cm³/mol. The Morgan fingerprint density at radius 1 is 1.11 bits per heavy atom. The molecule has 1 aliphatic carbocycles. The highest BCUT2D eigenvalue weighted by atomic mass is 19.4. The Morgan fingerprint density at radius 2 is 1.79 bits per heavy atom. The molecule has 1 atom stereocenters.